The number of fused-ring (bicyclic) bond motifs is 2. The summed E-state index contributed by atoms with van der Waals surface area (Å²) in [5.41, 5.74) is 4.29. The van der Waals surface area contributed by atoms with E-state index in [4.69, 9.17) is 11.6 Å². The van der Waals surface area contributed by atoms with E-state index in [0.717, 1.165) is 16.3 Å². The molecule has 0 spiro atoms. The van der Waals surface area contributed by atoms with E-state index >= 15 is 0 Å². The van der Waals surface area contributed by atoms with Gasteiger partial charge in [0.15, 0.2) is 0 Å². The highest BCUT2D eigenvalue weighted by atomic mass is 35.5. The van der Waals surface area contributed by atoms with Crippen LogP contribution in [0.1, 0.15) is 29.7 Å². The summed E-state index contributed by atoms with van der Waals surface area (Å²) in [5.74, 6) is 0. The van der Waals surface area contributed by atoms with Gasteiger partial charge in [0, 0.05) is 10.7 Å². The first kappa shape index (κ1) is 17.3. The van der Waals surface area contributed by atoms with Crippen LogP contribution in [0.15, 0.2) is 91.0 Å². The molecule has 0 unspecified atom stereocenters. The number of nitrogens with one attached hydrogen (secondary N) is 2. The van der Waals surface area contributed by atoms with Crippen LogP contribution >= 0.6 is 11.6 Å². The fraction of sp³-hybridized carbons (Fsp3) is 0.120. The minimum Gasteiger partial charge on any atom is -0.363 e. The average Bonchev–Trinajstić information content (AvgIpc) is 2.74. The summed E-state index contributed by atoms with van der Waals surface area (Å²) in [6, 6.07) is 31.7. The zero-order valence-electron chi connectivity index (χ0n) is 15.6. The van der Waals surface area contributed by atoms with E-state index < -0.39 is 5.66 Å². The number of anilines is 1. The van der Waals surface area contributed by atoms with Gasteiger partial charge in [-0.05, 0) is 52.6 Å². The lowest BCUT2D eigenvalue weighted by Gasteiger charge is -2.43. The van der Waals surface area contributed by atoms with Gasteiger partial charge in [0.25, 0.3) is 0 Å². The monoisotopic (exact) mass is 384 g/mol. The lowest BCUT2D eigenvalue weighted by Crippen LogP contribution is -2.51. The zero-order chi connectivity index (χ0) is 19.1. The Labute approximate surface area is 170 Å². The van der Waals surface area contributed by atoms with Crippen LogP contribution in [-0.4, -0.2) is 0 Å². The summed E-state index contributed by atoms with van der Waals surface area (Å²) in [6.07, 6.45) is 0. The molecule has 2 nitrogen and oxygen atoms in total. The smallest absolute Gasteiger partial charge is 0.113 e. The summed E-state index contributed by atoms with van der Waals surface area (Å²) >= 11 is 6.34. The molecule has 0 bridgehead atoms. The molecule has 1 aliphatic heterocycles. The van der Waals surface area contributed by atoms with Gasteiger partial charge >= 0.3 is 0 Å². The van der Waals surface area contributed by atoms with E-state index in [1.807, 2.05) is 12.1 Å². The predicted octanol–water partition coefficient (Wildman–Crippen LogP) is 6.47. The van der Waals surface area contributed by atoms with Gasteiger partial charge in [0.2, 0.25) is 0 Å². The Kier molecular flexibility index (Phi) is 4.12. The molecule has 2 atom stereocenters. The van der Waals surface area contributed by atoms with Crippen molar-refractivity contribution in [3.63, 3.8) is 0 Å². The maximum atomic E-state index is 6.34. The van der Waals surface area contributed by atoms with Crippen molar-refractivity contribution in [3.8, 4) is 0 Å². The van der Waals surface area contributed by atoms with Crippen molar-refractivity contribution >= 4 is 28.1 Å². The largest absolute Gasteiger partial charge is 0.363 e. The second-order valence-electron chi connectivity index (χ2n) is 7.50. The Morgan fingerprint density at radius 2 is 1.57 bits per heavy atom. The third-order valence-corrected chi connectivity index (χ3v) is 5.84. The summed E-state index contributed by atoms with van der Waals surface area (Å²) in [4.78, 5) is 0. The highest BCUT2D eigenvalue weighted by Crippen LogP contribution is 2.41. The first-order chi connectivity index (χ1) is 13.6. The Morgan fingerprint density at radius 1 is 0.821 bits per heavy atom. The van der Waals surface area contributed by atoms with Crippen LogP contribution in [0.2, 0.25) is 5.02 Å². The van der Waals surface area contributed by atoms with E-state index in [9.17, 15) is 0 Å². The molecule has 0 fully saturated rings. The third-order valence-electron chi connectivity index (χ3n) is 5.60. The molecule has 2 N–H and O–H groups in total. The Hall–Kier alpha value is -2.81. The molecule has 0 radical (unpaired) electrons. The Morgan fingerprint density at radius 3 is 2.43 bits per heavy atom. The highest BCUT2D eigenvalue weighted by molar-refractivity contribution is 6.30. The Bertz CT molecular complexity index is 1150. The normalized spacial score (nSPS) is 21.1. The van der Waals surface area contributed by atoms with Crippen molar-refractivity contribution in [2.24, 2.45) is 0 Å². The standard InChI is InChI=1S/C25H21ClN2/c1-25(22-13-7-11-17-8-5-6-12-20(17)22)27-23-15-14-19(26)16-21(23)24(28-25)18-9-3-2-4-10-18/h2-16,24,27-28H,1H3/t24-,25+/m0/s1. The second kappa shape index (κ2) is 6.66. The lowest BCUT2D eigenvalue weighted by molar-refractivity contribution is 0.369. The van der Waals surface area contributed by atoms with Crippen LogP contribution < -0.4 is 10.6 Å². The van der Waals surface area contributed by atoms with E-state index in [2.05, 4.69) is 96.4 Å². The molecule has 5 rings (SSSR count). The summed E-state index contributed by atoms with van der Waals surface area (Å²) in [6.45, 7) is 2.21. The summed E-state index contributed by atoms with van der Waals surface area (Å²) < 4.78 is 0. The molecular weight excluding hydrogens is 364 g/mol. The SMILES string of the molecule is C[C@@]1(c2cccc3ccccc23)Nc2ccc(Cl)cc2[C@H](c2ccccc2)N1. The molecule has 0 amide bonds. The zero-order valence-corrected chi connectivity index (χ0v) is 16.4. The maximum Gasteiger partial charge on any atom is 0.113 e. The van der Waals surface area contributed by atoms with E-state index in [-0.39, 0.29) is 6.04 Å². The van der Waals surface area contributed by atoms with Crippen molar-refractivity contribution in [2.75, 3.05) is 5.32 Å². The van der Waals surface area contributed by atoms with Crippen LogP contribution in [0.5, 0.6) is 0 Å². The van der Waals surface area contributed by atoms with Gasteiger partial charge in [0.1, 0.15) is 5.66 Å². The van der Waals surface area contributed by atoms with Crippen LogP contribution in [0.4, 0.5) is 5.69 Å². The second-order valence-corrected chi connectivity index (χ2v) is 7.93. The van der Waals surface area contributed by atoms with Gasteiger partial charge < -0.3 is 5.32 Å². The summed E-state index contributed by atoms with van der Waals surface area (Å²) in [7, 11) is 0. The molecule has 28 heavy (non-hydrogen) atoms. The van der Waals surface area contributed by atoms with Crippen molar-refractivity contribution in [3.05, 3.63) is 113 Å². The fourth-order valence-electron chi connectivity index (χ4n) is 4.27. The van der Waals surface area contributed by atoms with Crippen molar-refractivity contribution in [2.45, 2.75) is 18.6 Å². The minimum atomic E-state index is -0.428. The first-order valence-electron chi connectivity index (χ1n) is 9.53. The van der Waals surface area contributed by atoms with Crippen molar-refractivity contribution < 1.29 is 0 Å². The molecule has 4 aromatic carbocycles. The minimum absolute atomic E-state index is 0.0418. The number of benzene rings is 4. The molecule has 1 aliphatic rings. The van der Waals surface area contributed by atoms with Gasteiger partial charge in [-0.25, -0.2) is 0 Å². The van der Waals surface area contributed by atoms with Gasteiger partial charge in [-0.2, -0.15) is 0 Å². The molecular formula is C25H21ClN2. The molecule has 0 aliphatic carbocycles. The van der Waals surface area contributed by atoms with Crippen LogP contribution in [0.3, 0.4) is 0 Å². The van der Waals surface area contributed by atoms with Gasteiger partial charge in [0.05, 0.1) is 6.04 Å². The highest BCUT2D eigenvalue weighted by Gasteiger charge is 2.37. The number of hydrogen-bond acceptors (Lipinski definition) is 2. The Balaban J connectivity index is 1.70. The fourth-order valence-corrected chi connectivity index (χ4v) is 4.45. The number of hydrogen-bond donors (Lipinski definition) is 2. The molecule has 3 heteroatoms. The first-order valence-corrected chi connectivity index (χ1v) is 9.90. The molecule has 138 valence electrons. The van der Waals surface area contributed by atoms with Crippen LogP contribution in [0, 0.1) is 0 Å². The molecule has 1 heterocycles. The third kappa shape index (κ3) is 2.86. The van der Waals surface area contributed by atoms with E-state index in [1.54, 1.807) is 0 Å². The number of halogens is 1. The molecule has 4 aromatic rings. The maximum absolute atomic E-state index is 6.34. The van der Waals surface area contributed by atoms with E-state index in [0.29, 0.717) is 0 Å². The average molecular weight is 385 g/mol. The van der Waals surface area contributed by atoms with Crippen LogP contribution in [0.25, 0.3) is 10.8 Å². The molecule has 0 aromatic heterocycles. The van der Waals surface area contributed by atoms with E-state index in [1.165, 1.54) is 21.9 Å². The van der Waals surface area contributed by atoms with Crippen molar-refractivity contribution in [1.29, 1.82) is 0 Å². The predicted molar refractivity (Wildman–Crippen MR) is 118 cm³/mol. The molecule has 0 saturated heterocycles. The lowest BCUT2D eigenvalue weighted by atomic mass is 9.87. The molecule has 0 saturated carbocycles. The van der Waals surface area contributed by atoms with Gasteiger partial charge in [-0.15, -0.1) is 0 Å². The van der Waals surface area contributed by atoms with Gasteiger partial charge in [-0.1, -0.05) is 84.4 Å². The topological polar surface area (TPSA) is 24.1 Å². The summed E-state index contributed by atoms with van der Waals surface area (Å²) in [5, 5.41) is 10.8. The van der Waals surface area contributed by atoms with Gasteiger partial charge in [-0.3, -0.25) is 5.32 Å². The van der Waals surface area contributed by atoms with Crippen LogP contribution in [-0.2, 0) is 5.66 Å². The quantitative estimate of drug-likeness (QED) is 0.413. The number of rotatable bonds is 2. The van der Waals surface area contributed by atoms with Crippen molar-refractivity contribution in [1.82, 2.24) is 5.32 Å².